The summed E-state index contributed by atoms with van der Waals surface area (Å²) < 4.78 is 36.1. The minimum Gasteiger partial charge on any atom is -0.533 e. The zero-order valence-corrected chi connectivity index (χ0v) is 53.8. The van der Waals surface area contributed by atoms with E-state index in [9.17, 15) is 14.4 Å². The first-order chi connectivity index (χ1) is 40.5. The van der Waals surface area contributed by atoms with Gasteiger partial charge in [-0.3, -0.25) is 9.59 Å². The summed E-state index contributed by atoms with van der Waals surface area (Å²) in [5.41, 5.74) is 2.20. The van der Waals surface area contributed by atoms with E-state index in [-0.39, 0.29) is 34.8 Å². The van der Waals surface area contributed by atoms with Crippen molar-refractivity contribution < 1.29 is 37.4 Å². The third-order valence-corrected chi connectivity index (χ3v) is 31.9. The zero-order valence-electron chi connectivity index (χ0n) is 50.8. The van der Waals surface area contributed by atoms with E-state index in [4.69, 9.17) is 23.1 Å². The lowest BCUT2D eigenvalue weighted by Gasteiger charge is -2.49. The fourth-order valence-corrected chi connectivity index (χ4v) is 25.3. The molecule has 1 saturated heterocycles. The van der Waals surface area contributed by atoms with E-state index in [1.807, 2.05) is 215 Å². The fourth-order valence-electron chi connectivity index (χ4n) is 13.4. The topological polar surface area (TPSA) is 125 Å². The SMILES string of the molecule is CC(=O)OC1C(C)C(C)OC(Oc2c(-c3ccc(C)cc3)oc3cc(CC(C)(C)[Si](O)(c4ccccc4)c4ccccc4)cc(O[Si](c4ccccc4)(c4ccccc4)C(C)(C)C)c3c2=O)C1CC(C)(C)[Si](O)(c1ccccc1)c1ccccc1. The fraction of sp³-hybridized carbons (Fsp3) is 0.288. The minimum absolute atomic E-state index is 0.0959. The number of ether oxygens (including phenoxy) is 3. The van der Waals surface area contributed by atoms with Crippen LogP contribution in [0, 0.1) is 18.8 Å². The van der Waals surface area contributed by atoms with E-state index in [0.717, 1.165) is 42.2 Å². The Morgan fingerprint density at radius 2 is 1.00 bits per heavy atom. The Kier molecular flexibility index (Phi) is 17.2. The van der Waals surface area contributed by atoms with Gasteiger partial charge in [0.2, 0.25) is 17.5 Å². The Labute approximate surface area is 504 Å². The maximum Gasteiger partial charge on any atom is 0.319 e. The van der Waals surface area contributed by atoms with E-state index in [2.05, 4.69) is 72.7 Å². The van der Waals surface area contributed by atoms with Crippen LogP contribution in [0.3, 0.4) is 0 Å². The summed E-state index contributed by atoms with van der Waals surface area (Å²) in [6.07, 6.45) is -1.81. The molecule has 0 amide bonds. The van der Waals surface area contributed by atoms with Gasteiger partial charge >= 0.3 is 14.3 Å². The highest BCUT2D eigenvalue weighted by atomic mass is 28.4. The van der Waals surface area contributed by atoms with E-state index < -0.39 is 75.9 Å². The molecule has 8 aromatic carbocycles. The van der Waals surface area contributed by atoms with E-state index in [1.54, 1.807) is 0 Å². The summed E-state index contributed by atoms with van der Waals surface area (Å²) in [5.74, 6) is -1.08. The number of esters is 1. The lowest BCUT2D eigenvalue weighted by molar-refractivity contribution is -0.239. The van der Waals surface area contributed by atoms with Gasteiger partial charge in [0.15, 0.2) is 5.76 Å². The molecule has 85 heavy (non-hydrogen) atoms. The number of rotatable bonds is 18. The van der Waals surface area contributed by atoms with Gasteiger partial charge in [0, 0.05) is 18.4 Å². The summed E-state index contributed by atoms with van der Waals surface area (Å²) in [6.45, 7) is 22.4. The van der Waals surface area contributed by atoms with Crippen molar-refractivity contribution in [3.63, 3.8) is 0 Å². The molecule has 1 aliphatic heterocycles. The van der Waals surface area contributed by atoms with Crippen molar-refractivity contribution in [2.24, 2.45) is 11.8 Å². The van der Waals surface area contributed by atoms with E-state index in [1.165, 1.54) is 6.92 Å². The minimum atomic E-state index is -3.69. The van der Waals surface area contributed by atoms with Crippen LogP contribution < -0.4 is 45.7 Å². The molecule has 1 aromatic heterocycles. The Morgan fingerprint density at radius 1 is 0.576 bits per heavy atom. The van der Waals surface area contributed by atoms with Crippen LogP contribution >= 0.6 is 0 Å². The highest BCUT2D eigenvalue weighted by Crippen LogP contribution is 2.49. The molecule has 0 radical (unpaired) electrons. The monoisotopic (exact) mass is 1180 g/mol. The number of carbonyl (C=O) groups excluding carboxylic acids is 1. The highest BCUT2D eigenvalue weighted by Gasteiger charge is 2.57. The lowest BCUT2D eigenvalue weighted by atomic mass is 9.80. The average Bonchev–Trinajstić information content (AvgIpc) is 1.11. The molecule has 0 bridgehead atoms. The van der Waals surface area contributed by atoms with Gasteiger partial charge in [0.25, 0.3) is 16.6 Å². The molecule has 2 N–H and O–H groups in total. The molecule has 0 spiro atoms. The molecule has 10 rings (SSSR count). The van der Waals surface area contributed by atoms with Gasteiger partial charge in [-0.15, -0.1) is 0 Å². The van der Waals surface area contributed by atoms with Crippen LogP contribution in [0.2, 0.25) is 15.1 Å². The van der Waals surface area contributed by atoms with Crippen LogP contribution in [-0.4, -0.2) is 59.0 Å². The molecular formula is C73H80O9Si3. The van der Waals surface area contributed by atoms with E-state index >= 15 is 4.79 Å². The van der Waals surface area contributed by atoms with Crippen LogP contribution in [0.25, 0.3) is 22.3 Å². The maximum absolute atomic E-state index is 16.7. The molecule has 2 heterocycles. The first-order valence-electron chi connectivity index (χ1n) is 29.7. The third-order valence-electron chi connectivity index (χ3n) is 18.0. The van der Waals surface area contributed by atoms with Crippen LogP contribution in [0.5, 0.6) is 11.5 Å². The van der Waals surface area contributed by atoms with Crippen LogP contribution in [0.15, 0.2) is 228 Å². The summed E-state index contributed by atoms with van der Waals surface area (Å²) in [7, 11) is -10.8. The smallest absolute Gasteiger partial charge is 0.319 e. The maximum atomic E-state index is 16.7. The van der Waals surface area contributed by atoms with Crippen molar-refractivity contribution in [3.05, 3.63) is 240 Å². The van der Waals surface area contributed by atoms with Gasteiger partial charge in [-0.2, -0.15) is 0 Å². The molecule has 438 valence electrons. The second kappa shape index (κ2) is 24.1. The predicted octanol–water partition coefficient (Wildman–Crippen LogP) is 12.0. The van der Waals surface area contributed by atoms with Gasteiger partial charge in [0.1, 0.15) is 22.8 Å². The molecule has 1 fully saturated rings. The van der Waals surface area contributed by atoms with Gasteiger partial charge < -0.3 is 32.6 Å². The van der Waals surface area contributed by atoms with Crippen molar-refractivity contribution >= 4 is 73.0 Å². The second-order valence-electron chi connectivity index (χ2n) is 25.6. The van der Waals surface area contributed by atoms with Crippen molar-refractivity contribution in [2.75, 3.05) is 0 Å². The molecule has 9 aromatic rings. The number of hydrogen-bond donors (Lipinski definition) is 2. The number of hydrogen-bond acceptors (Lipinski definition) is 9. The Balaban J connectivity index is 1.23. The van der Waals surface area contributed by atoms with Gasteiger partial charge in [0.05, 0.1) is 12.0 Å². The standard InChI is InChI=1S/C73H80O9Si3/c1-50-42-44-55(45-43-50)68-69(81-70-62(67(79-53(4)74)51(2)52(3)78-70)49-73(10,11)84(77,58-34-22-14-23-35-58)59-36-24-15-25-37-59)66(75)65-63(80-68)46-54(48-72(8,9)83(76,56-30-18-12-19-31-56)57-32-20-13-21-33-57)47-64(65)82-85(71(5,6)7,60-38-26-16-27-39-60)61-40-28-17-29-41-61/h12-47,51-52,62,67,70,76-77H,48-49H2,1-11H3. The molecule has 0 aliphatic carbocycles. The number of benzene rings is 8. The quantitative estimate of drug-likeness (QED) is 0.0638. The van der Waals surface area contributed by atoms with Crippen molar-refractivity contribution in [1.29, 1.82) is 0 Å². The lowest BCUT2D eigenvalue weighted by Crippen LogP contribution is -2.68. The van der Waals surface area contributed by atoms with Crippen molar-refractivity contribution in [3.8, 4) is 22.8 Å². The van der Waals surface area contributed by atoms with Gasteiger partial charge in [-0.1, -0.05) is 267 Å². The normalized spacial score (nSPS) is 18.0. The molecule has 0 saturated carbocycles. The summed E-state index contributed by atoms with van der Waals surface area (Å²) in [4.78, 5) is 57.3. The van der Waals surface area contributed by atoms with Crippen LogP contribution in [0.1, 0.15) is 86.8 Å². The molecule has 5 atom stereocenters. The third kappa shape index (κ3) is 11.5. The van der Waals surface area contributed by atoms with Crippen LogP contribution in [0.4, 0.5) is 0 Å². The number of aryl methyl sites for hydroxylation is 1. The summed E-state index contributed by atoms with van der Waals surface area (Å²) in [5, 5.41) is 3.46. The second-order valence-corrected chi connectivity index (χ2v) is 37.7. The Hall–Kier alpha value is -7.43. The highest BCUT2D eigenvalue weighted by molar-refractivity contribution is 7.00. The van der Waals surface area contributed by atoms with Crippen molar-refractivity contribution in [1.82, 2.24) is 0 Å². The first-order valence-corrected chi connectivity index (χ1v) is 35.5. The van der Waals surface area contributed by atoms with Crippen molar-refractivity contribution in [2.45, 2.75) is 123 Å². The molecule has 9 nitrogen and oxygen atoms in total. The molecule has 12 heteroatoms. The molecule has 1 aliphatic rings. The predicted molar refractivity (Wildman–Crippen MR) is 351 cm³/mol. The summed E-state index contributed by atoms with van der Waals surface area (Å²) in [6, 6.07) is 72.0. The molecule has 5 unspecified atom stereocenters. The number of carbonyl (C=O) groups is 1. The Morgan fingerprint density at radius 3 is 1.42 bits per heavy atom. The van der Waals surface area contributed by atoms with Crippen LogP contribution in [-0.2, 0) is 20.7 Å². The number of fused-ring (bicyclic) bond motifs is 1. The largest absolute Gasteiger partial charge is 0.533 e. The average molecular weight is 1190 g/mol. The first kappa shape index (κ1) is 60.7. The summed E-state index contributed by atoms with van der Waals surface area (Å²) >= 11 is 0. The zero-order chi connectivity index (χ0) is 60.5. The molecular weight excluding hydrogens is 1110 g/mol. The Bertz CT molecular complexity index is 3680. The van der Waals surface area contributed by atoms with E-state index in [0.29, 0.717) is 17.7 Å². The van der Waals surface area contributed by atoms with Gasteiger partial charge in [-0.25, -0.2) is 0 Å². The van der Waals surface area contributed by atoms with Gasteiger partial charge in [-0.05, 0) is 90.6 Å².